The van der Waals surface area contributed by atoms with Crippen molar-refractivity contribution in [3.05, 3.63) is 113 Å². The van der Waals surface area contributed by atoms with Gasteiger partial charge in [-0.05, 0) is 52.7 Å². The van der Waals surface area contributed by atoms with Gasteiger partial charge in [0, 0.05) is 17.3 Å². The Morgan fingerprint density at radius 2 is 1.55 bits per heavy atom. The largest absolute Gasteiger partial charge is 0.493 e. The van der Waals surface area contributed by atoms with Crippen LogP contribution in [-0.4, -0.2) is 36.7 Å². The van der Waals surface area contributed by atoms with Crippen molar-refractivity contribution in [2.75, 3.05) is 21.3 Å². The van der Waals surface area contributed by atoms with Crippen LogP contribution in [0.4, 0.5) is 0 Å². The molecule has 0 bridgehead atoms. The molecule has 5 aromatic rings. The topological polar surface area (TPSA) is 82.6 Å². The number of carbonyl (C=O) groups is 1. The van der Waals surface area contributed by atoms with E-state index in [0.29, 0.717) is 39.8 Å². The minimum Gasteiger partial charge on any atom is -0.493 e. The number of nitrogens with one attached hydrogen (secondary N) is 1. The van der Waals surface area contributed by atoms with Crippen molar-refractivity contribution in [2.45, 2.75) is 0 Å². The Morgan fingerprint density at radius 3 is 2.26 bits per heavy atom. The molecule has 0 spiro atoms. The zero-order chi connectivity index (χ0) is 26.6. The van der Waals surface area contributed by atoms with Crippen LogP contribution in [0.5, 0.6) is 17.2 Å². The molecule has 1 N–H and O–H groups in total. The second kappa shape index (κ2) is 10.5. The fourth-order valence-corrected chi connectivity index (χ4v) is 4.45. The maximum absolute atomic E-state index is 13.1. The molecule has 0 atom stereocenters. The maximum atomic E-state index is 13.1. The molecule has 0 aliphatic carbocycles. The Morgan fingerprint density at radius 1 is 0.816 bits per heavy atom. The number of imidazole rings is 1. The van der Waals surface area contributed by atoms with Crippen LogP contribution in [0.25, 0.3) is 33.8 Å². The van der Waals surface area contributed by atoms with Crippen molar-refractivity contribution in [1.82, 2.24) is 9.55 Å². The van der Waals surface area contributed by atoms with Crippen molar-refractivity contribution < 1.29 is 19.0 Å². The van der Waals surface area contributed by atoms with Gasteiger partial charge in [0.25, 0.3) is 0 Å². The molecule has 0 aliphatic rings. The van der Waals surface area contributed by atoms with E-state index in [1.54, 1.807) is 53.2 Å². The number of benzene rings is 4. The highest BCUT2D eigenvalue weighted by Crippen LogP contribution is 2.38. The van der Waals surface area contributed by atoms with Crippen molar-refractivity contribution >= 4 is 22.6 Å². The summed E-state index contributed by atoms with van der Waals surface area (Å²) < 4.78 is 17.7. The number of ketones is 1. The van der Waals surface area contributed by atoms with Gasteiger partial charge in [-0.15, -0.1) is 0 Å². The first-order chi connectivity index (χ1) is 18.5. The molecular formula is C31H26N2O5. The molecule has 0 unspecified atom stereocenters. The highest BCUT2D eigenvalue weighted by atomic mass is 16.5. The molecule has 0 saturated carbocycles. The van der Waals surface area contributed by atoms with Gasteiger partial charge < -0.3 is 19.2 Å². The molecule has 4 aromatic carbocycles. The third kappa shape index (κ3) is 4.69. The van der Waals surface area contributed by atoms with E-state index in [1.165, 1.54) is 27.4 Å². The summed E-state index contributed by atoms with van der Waals surface area (Å²) in [7, 11) is 4.61. The van der Waals surface area contributed by atoms with Crippen LogP contribution in [0.3, 0.4) is 0 Å². The molecule has 7 heteroatoms. The molecule has 1 aromatic heterocycles. The average molecular weight is 507 g/mol. The Bertz CT molecular complexity index is 1700. The molecule has 0 radical (unpaired) electrons. The lowest BCUT2D eigenvalue weighted by Gasteiger charge is -2.12. The number of aromatic nitrogens is 2. The Hall–Kier alpha value is -5.04. The molecule has 5 rings (SSSR count). The molecular weight excluding hydrogens is 480 g/mol. The minimum absolute atomic E-state index is 0.212. The van der Waals surface area contributed by atoms with Gasteiger partial charge in [-0.1, -0.05) is 54.6 Å². The zero-order valence-corrected chi connectivity index (χ0v) is 21.2. The minimum atomic E-state index is -0.286. The molecule has 0 amide bonds. The molecule has 190 valence electrons. The first-order valence-corrected chi connectivity index (χ1v) is 11.9. The predicted molar refractivity (Wildman–Crippen MR) is 149 cm³/mol. The number of nitrogens with zero attached hydrogens (tertiary/aromatic N) is 1. The lowest BCUT2D eigenvalue weighted by Crippen LogP contribution is -2.16. The van der Waals surface area contributed by atoms with Crippen LogP contribution in [0.2, 0.25) is 0 Å². The van der Waals surface area contributed by atoms with E-state index in [0.717, 1.165) is 16.3 Å². The maximum Gasteiger partial charge on any atom is 0.330 e. The lowest BCUT2D eigenvalue weighted by molar-refractivity contribution is 0.104. The van der Waals surface area contributed by atoms with Gasteiger partial charge >= 0.3 is 5.69 Å². The fraction of sp³-hybridized carbons (Fsp3) is 0.0968. The summed E-state index contributed by atoms with van der Waals surface area (Å²) in [6.07, 6.45) is 4.84. The molecule has 1 heterocycles. The zero-order valence-electron chi connectivity index (χ0n) is 21.2. The first-order valence-electron chi connectivity index (χ1n) is 11.9. The molecule has 7 nitrogen and oxygen atoms in total. The third-order valence-electron chi connectivity index (χ3n) is 6.32. The lowest BCUT2D eigenvalue weighted by atomic mass is 10.0. The summed E-state index contributed by atoms with van der Waals surface area (Å²) in [6.45, 7) is 0. The quantitative estimate of drug-likeness (QED) is 0.209. The fourth-order valence-electron chi connectivity index (χ4n) is 4.45. The third-order valence-corrected chi connectivity index (χ3v) is 6.32. The van der Waals surface area contributed by atoms with Crippen molar-refractivity contribution in [2.24, 2.45) is 0 Å². The summed E-state index contributed by atoms with van der Waals surface area (Å²) in [6, 6.07) is 24.6. The van der Waals surface area contributed by atoms with Crippen molar-refractivity contribution in [3.8, 4) is 34.2 Å². The highest BCUT2D eigenvalue weighted by molar-refractivity contribution is 6.07. The second-order valence-electron chi connectivity index (χ2n) is 8.58. The van der Waals surface area contributed by atoms with Crippen LogP contribution in [0.1, 0.15) is 15.9 Å². The van der Waals surface area contributed by atoms with E-state index in [9.17, 15) is 9.59 Å². The first kappa shape index (κ1) is 24.6. The van der Waals surface area contributed by atoms with Gasteiger partial charge in [-0.25, -0.2) is 4.79 Å². The van der Waals surface area contributed by atoms with Gasteiger partial charge in [-0.2, -0.15) is 0 Å². The number of rotatable bonds is 8. The van der Waals surface area contributed by atoms with E-state index in [-0.39, 0.29) is 11.5 Å². The van der Waals surface area contributed by atoms with Crippen LogP contribution >= 0.6 is 0 Å². The summed E-state index contributed by atoms with van der Waals surface area (Å²) in [4.78, 5) is 28.7. The van der Waals surface area contributed by atoms with E-state index in [2.05, 4.69) is 4.98 Å². The predicted octanol–water partition coefficient (Wildman–Crippen LogP) is 5.91. The van der Waals surface area contributed by atoms with Gasteiger partial charge in [0.2, 0.25) is 5.75 Å². The summed E-state index contributed by atoms with van der Waals surface area (Å²) in [5, 5.41) is 2.19. The molecule has 0 fully saturated rings. The van der Waals surface area contributed by atoms with Gasteiger partial charge in [-0.3, -0.25) is 9.36 Å². The number of aromatic amines is 1. The SMILES string of the molecule is COc1cc(C=CC(=O)c2cccc(-n3c(-c4ccc5ccccc5c4)c[nH]c3=O)c2)cc(OC)c1OC. The van der Waals surface area contributed by atoms with Crippen molar-refractivity contribution in [3.63, 3.8) is 0 Å². The van der Waals surface area contributed by atoms with Crippen LogP contribution in [0.15, 0.2) is 95.9 Å². The number of fused-ring (bicyclic) bond motifs is 1. The van der Waals surface area contributed by atoms with E-state index >= 15 is 0 Å². The van der Waals surface area contributed by atoms with E-state index < -0.39 is 0 Å². The number of methoxy groups -OCH3 is 3. The van der Waals surface area contributed by atoms with Gasteiger partial charge in [0.15, 0.2) is 17.3 Å². The summed E-state index contributed by atoms with van der Waals surface area (Å²) in [5.41, 5.74) is 3.06. The monoisotopic (exact) mass is 506 g/mol. The van der Waals surface area contributed by atoms with E-state index in [1.807, 2.05) is 42.5 Å². The Kier molecular flexibility index (Phi) is 6.82. The number of hydrogen-bond acceptors (Lipinski definition) is 5. The van der Waals surface area contributed by atoms with Crippen LogP contribution < -0.4 is 19.9 Å². The molecule has 0 aliphatic heterocycles. The highest BCUT2D eigenvalue weighted by Gasteiger charge is 2.14. The Balaban J connectivity index is 1.47. The average Bonchev–Trinajstić information content (AvgIpc) is 3.36. The number of carbonyl (C=O) groups excluding carboxylic acids is 1. The molecule has 38 heavy (non-hydrogen) atoms. The Labute approximate surface area is 219 Å². The number of hydrogen-bond donors (Lipinski definition) is 1. The van der Waals surface area contributed by atoms with Gasteiger partial charge in [0.1, 0.15) is 0 Å². The summed E-state index contributed by atoms with van der Waals surface area (Å²) >= 11 is 0. The van der Waals surface area contributed by atoms with Crippen LogP contribution in [-0.2, 0) is 0 Å². The number of allylic oxidation sites excluding steroid dienone is 1. The normalized spacial score (nSPS) is 11.1. The number of H-pyrrole nitrogens is 1. The standard InChI is InChI=1S/C31H26N2O5/c1-36-28-15-20(16-29(37-2)30(28)38-3)11-14-27(34)24-9-6-10-25(18-24)33-26(19-32-31(33)35)23-13-12-21-7-4-5-8-22(21)17-23/h4-19H,1-3H3,(H,32,35). The second-order valence-corrected chi connectivity index (χ2v) is 8.58. The van der Waals surface area contributed by atoms with Gasteiger partial charge in [0.05, 0.1) is 32.7 Å². The van der Waals surface area contributed by atoms with Crippen LogP contribution in [0, 0.1) is 0 Å². The smallest absolute Gasteiger partial charge is 0.330 e. The molecule has 0 saturated heterocycles. The van der Waals surface area contributed by atoms with E-state index in [4.69, 9.17) is 14.2 Å². The summed E-state index contributed by atoms with van der Waals surface area (Å²) in [5.74, 6) is 1.25. The number of ether oxygens (including phenoxy) is 3. The van der Waals surface area contributed by atoms with Crippen molar-refractivity contribution in [1.29, 1.82) is 0 Å².